The first-order chi connectivity index (χ1) is 13.3. The van der Waals surface area contributed by atoms with Crippen LogP contribution in [0.1, 0.15) is 94.5 Å². The molecule has 3 heteroatoms. The van der Waals surface area contributed by atoms with Crippen LogP contribution in [0.3, 0.4) is 0 Å². The molecule has 1 aromatic heterocycles. The van der Waals surface area contributed by atoms with Crippen LogP contribution < -0.4 is 0 Å². The third-order valence-electron chi connectivity index (χ3n) is 4.74. The normalized spacial score (nSPS) is 11.6. The maximum Gasteiger partial charge on any atom is 0.230 e. The smallest absolute Gasteiger partial charge is 0.230 e. The molecule has 27 heavy (non-hydrogen) atoms. The SMILES string of the molecule is CCCCC/C=C/C/C=C/CCCCCCCC(=O)n1cccc1CC=O. The van der Waals surface area contributed by atoms with Crippen molar-refractivity contribution in [3.8, 4) is 0 Å². The number of allylic oxidation sites excluding steroid dienone is 4. The van der Waals surface area contributed by atoms with Crippen LogP contribution in [-0.2, 0) is 11.2 Å². The van der Waals surface area contributed by atoms with Crippen molar-refractivity contribution in [1.82, 2.24) is 4.57 Å². The largest absolute Gasteiger partial charge is 0.303 e. The number of rotatable bonds is 16. The van der Waals surface area contributed by atoms with E-state index < -0.39 is 0 Å². The maximum atomic E-state index is 12.2. The Hall–Kier alpha value is -1.90. The maximum absolute atomic E-state index is 12.2. The molecule has 0 unspecified atom stereocenters. The van der Waals surface area contributed by atoms with E-state index in [4.69, 9.17) is 0 Å². The Morgan fingerprint density at radius 2 is 1.59 bits per heavy atom. The summed E-state index contributed by atoms with van der Waals surface area (Å²) in [6, 6.07) is 3.66. The van der Waals surface area contributed by atoms with Gasteiger partial charge in [0.2, 0.25) is 5.91 Å². The van der Waals surface area contributed by atoms with Crippen molar-refractivity contribution in [3.05, 3.63) is 48.3 Å². The van der Waals surface area contributed by atoms with Crippen LogP contribution in [0.15, 0.2) is 42.6 Å². The second-order valence-corrected chi connectivity index (χ2v) is 7.11. The van der Waals surface area contributed by atoms with Crippen molar-refractivity contribution < 1.29 is 9.59 Å². The van der Waals surface area contributed by atoms with Crippen LogP contribution in [0, 0.1) is 0 Å². The molecule has 0 aliphatic heterocycles. The monoisotopic (exact) mass is 371 g/mol. The molecule has 150 valence electrons. The summed E-state index contributed by atoms with van der Waals surface area (Å²) >= 11 is 0. The number of aldehydes is 1. The van der Waals surface area contributed by atoms with Gasteiger partial charge in [-0.2, -0.15) is 0 Å². The van der Waals surface area contributed by atoms with Crippen LogP contribution >= 0.6 is 0 Å². The van der Waals surface area contributed by atoms with Gasteiger partial charge in [0.15, 0.2) is 0 Å². The summed E-state index contributed by atoms with van der Waals surface area (Å²) in [6.07, 6.45) is 25.6. The van der Waals surface area contributed by atoms with E-state index in [1.807, 2.05) is 12.1 Å². The summed E-state index contributed by atoms with van der Waals surface area (Å²) in [5.74, 6) is 0.0996. The van der Waals surface area contributed by atoms with E-state index in [1.54, 1.807) is 10.8 Å². The number of hydrogen-bond acceptors (Lipinski definition) is 2. The van der Waals surface area contributed by atoms with Crippen molar-refractivity contribution in [2.75, 3.05) is 0 Å². The molecule has 0 saturated carbocycles. The van der Waals surface area contributed by atoms with Gasteiger partial charge in [0.1, 0.15) is 6.29 Å². The zero-order chi connectivity index (χ0) is 19.6. The van der Waals surface area contributed by atoms with Crippen LogP contribution in [-0.4, -0.2) is 16.8 Å². The van der Waals surface area contributed by atoms with Crippen molar-refractivity contribution in [1.29, 1.82) is 0 Å². The summed E-state index contributed by atoms with van der Waals surface area (Å²) in [5, 5.41) is 0. The van der Waals surface area contributed by atoms with E-state index in [-0.39, 0.29) is 5.91 Å². The van der Waals surface area contributed by atoms with Crippen LogP contribution in [0.25, 0.3) is 0 Å². The Morgan fingerprint density at radius 1 is 0.926 bits per heavy atom. The molecule has 0 N–H and O–H groups in total. The first-order valence-electron chi connectivity index (χ1n) is 10.7. The molecule has 1 aromatic rings. The highest BCUT2D eigenvalue weighted by Crippen LogP contribution is 2.11. The van der Waals surface area contributed by atoms with Gasteiger partial charge in [-0.1, -0.05) is 63.3 Å². The third kappa shape index (κ3) is 11.4. The van der Waals surface area contributed by atoms with E-state index in [0.717, 1.165) is 37.7 Å². The van der Waals surface area contributed by atoms with E-state index in [1.165, 1.54) is 44.9 Å². The summed E-state index contributed by atoms with van der Waals surface area (Å²) in [5.41, 5.74) is 0.789. The lowest BCUT2D eigenvalue weighted by atomic mass is 10.1. The average molecular weight is 372 g/mol. The fourth-order valence-corrected chi connectivity index (χ4v) is 3.12. The van der Waals surface area contributed by atoms with Gasteiger partial charge < -0.3 is 4.79 Å². The first kappa shape index (κ1) is 23.1. The number of unbranched alkanes of at least 4 members (excludes halogenated alkanes) is 8. The van der Waals surface area contributed by atoms with Gasteiger partial charge in [0.05, 0.1) is 0 Å². The van der Waals surface area contributed by atoms with E-state index in [2.05, 4.69) is 31.2 Å². The summed E-state index contributed by atoms with van der Waals surface area (Å²) < 4.78 is 1.62. The highest BCUT2D eigenvalue weighted by atomic mass is 16.2. The predicted octanol–water partition coefficient (Wildman–Crippen LogP) is 6.68. The first-order valence-corrected chi connectivity index (χ1v) is 10.7. The molecular formula is C24H37NO2. The lowest BCUT2D eigenvalue weighted by molar-refractivity contribution is -0.107. The minimum absolute atomic E-state index is 0.0996. The summed E-state index contributed by atoms with van der Waals surface area (Å²) in [6.45, 7) is 2.24. The molecular weight excluding hydrogens is 334 g/mol. The van der Waals surface area contributed by atoms with E-state index in [9.17, 15) is 9.59 Å². The second-order valence-electron chi connectivity index (χ2n) is 7.11. The summed E-state index contributed by atoms with van der Waals surface area (Å²) in [4.78, 5) is 22.8. The standard InChI is InChI=1S/C24H37NO2/c1-2-3-4-5-6-7-8-9-10-11-12-13-14-15-16-19-24(27)25-21-17-18-23(25)20-22-26/h6-7,9-10,17-18,21-22H,2-5,8,11-16,19-20H2,1H3/b7-6+,10-9+. The Labute approximate surface area is 165 Å². The zero-order valence-corrected chi connectivity index (χ0v) is 17.1. The number of carbonyl (C=O) groups excluding carboxylic acids is 2. The molecule has 3 nitrogen and oxygen atoms in total. The van der Waals surface area contributed by atoms with Gasteiger partial charge in [-0.3, -0.25) is 9.36 Å². The molecule has 0 spiro atoms. The highest BCUT2D eigenvalue weighted by molar-refractivity contribution is 5.80. The van der Waals surface area contributed by atoms with Gasteiger partial charge in [0, 0.05) is 24.7 Å². The lowest BCUT2D eigenvalue weighted by Gasteiger charge is -2.06. The molecule has 0 aromatic carbocycles. The van der Waals surface area contributed by atoms with Gasteiger partial charge in [-0.05, 0) is 50.7 Å². The molecule has 1 heterocycles. The molecule has 1 rings (SSSR count). The van der Waals surface area contributed by atoms with Gasteiger partial charge in [-0.25, -0.2) is 0 Å². The van der Waals surface area contributed by atoms with E-state index >= 15 is 0 Å². The van der Waals surface area contributed by atoms with Crippen LogP contribution in [0.2, 0.25) is 0 Å². The molecule has 0 fully saturated rings. The Bertz CT molecular complexity index is 569. The Morgan fingerprint density at radius 3 is 2.30 bits per heavy atom. The number of aromatic nitrogens is 1. The minimum Gasteiger partial charge on any atom is -0.303 e. The fourth-order valence-electron chi connectivity index (χ4n) is 3.12. The van der Waals surface area contributed by atoms with Crippen molar-refractivity contribution in [3.63, 3.8) is 0 Å². The van der Waals surface area contributed by atoms with Crippen LogP contribution in [0.4, 0.5) is 0 Å². The second kappa shape index (κ2) is 16.3. The number of nitrogens with zero attached hydrogens (tertiary/aromatic N) is 1. The van der Waals surface area contributed by atoms with Gasteiger partial charge in [0.25, 0.3) is 0 Å². The minimum atomic E-state index is 0.0996. The zero-order valence-electron chi connectivity index (χ0n) is 17.1. The average Bonchev–Trinajstić information content (AvgIpc) is 3.13. The Kier molecular flexibility index (Phi) is 14.0. The van der Waals surface area contributed by atoms with Gasteiger partial charge >= 0.3 is 0 Å². The van der Waals surface area contributed by atoms with Gasteiger partial charge in [-0.15, -0.1) is 0 Å². The molecule has 0 amide bonds. The summed E-state index contributed by atoms with van der Waals surface area (Å²) in [7, 11) is 0. The number of hydrogen-bond donors (Lipinski definition) is 0. The van der Waals surface area contributed by atoms with Crippen molar-refractivity contribution in [2.24, 2.45) is 0 Å². The fraction of sp³-hybridized carbons (Fsp3) is 0.583. The third-order valence-corrected chi connectivity index (χ3v) is 4.74. The lowest BCUT2D eigenvalue weighted by Crippen LogP contribution is -2.12. The predicted molar refractivity (Wildman–Crippen MR) is 114 cm³/mol. The highest BCUT2D eigenvalue weighted by Gasteiger charge is 2.08. The topological polar surface area (TPSA) is 39.1 Å². The Balaban J connectivity index is 1.97. The molecule has 0 aliphatic carbocycles. The molecule has 0 aliphatic rings. The van der Waals surface area contributed by atoms with E-state index in [0.29, 0.717) is 12.8 Å². The molecule has 0 atom stereocenters. The molecule has 0 bridgehead atoms. The van der Waals surface area contributed by atoms with Crippen molar-refractivity contribution in [2.45, 2.75) is 90.4 Å². The molecule has 0 radical (unpaired) electrons. The number of carbonyl (C=O) groups is 2. The van der Waals surface area contributed by atoms with Crippen LogP contribution in [0.5, 0.6) is 0 Å². The quantitative estimate of drug-likeness (QED) is 0.185. The molecule has 0 saturated heterocycles. The van der Waals surface area contributed by atoms with Crippen molar-refractivity contribution >= 4 is 12.2 Å².